The van der Waals surface area contributed by atoms with E-state index < -0.39 is 327 Å². The lowest BCUT2D eigenvalue weighted by Crippen LogP contribution is -2.05. The number of hydrogen-bond donors (Lipinski definition) is 6. The topological polar surface area (TPSA) is 94.7 Å². The largest absolute Gasteiger partial charge is 0.354 e. The number of aromatic amines is 6. The van der Waals surface area contributed by atoms with Crippen molar-refractivity contribution in [3.05, 3.63) is 223 Å². The second-order valence-corrected chi connectivity index (χ2v) is 29.0. The fraction of sp³-hybridized carbons (Fsp3) is 0.108. The minimum atomic E-state index is -2.90. The van der Waals surface area contributed by atoms with Gasteiger partial charge in [0.2, 0.25) is 34.9 Å². The number of hydrogen-bond acceptors (Lipinski definition) is 4. The molecule has 0 fully saturated rings. The Hall–Kier alpha value is -10.5. The molecule has 594 valence electrons. The van der Waals surface area contributed by atoms with Crippen LogP contribution >= 0.6 is 47.0 Å². The second-order valence-electron chi connectivity index (χ2n) is 23.9. The molecule has 0 aliphatic carbocycles. The SMILES string of the molecule is CCSc1c(SCC)c2[nH]c1c(-c1c(F)c(F)c(F)c(F)c1F)c1ccc([nH]1)c(-c1c(F)c(F)c(F)c(F)c1F)c1ccc([nH]1)c(-c1c(F)c(F)c(F)c(F)c1F)c1[nH]c(c(SCC)c1SCC)c(-c1c(F)c(F)c(F)c(F)c1F)c1ccc([nH]1)c(-c1c(F)c(F)c(F)c(F)c1F)c1ccc([nH]1)c2-c1c(F)c(F)c(F)c(F)c1F. The van der Waals surface area contributed by atoms with Crippen molar-refractivity contribution in [3.63, 3.8) is 0 Å². The van der Waals surface area contributed by atoms with Gasteiger partial charge in [-0.05, 0) is 71.5 Å². The highest BCUT2D eigenvalue weighted by Crippen LogP contribution is 2.53. The third kappa shape index (κ3) is 12.6. The molecule has 0 saturated heterocycles. The van der Waals surface area contributed by atoms with E-state index in [4.69, 9.17) is 0 Å². The third-order valence-electron chi connectivity index (χ3n) is 17.6. The summed E-state index contributed by atoms with van der Waals surface area (Å²) in [5.41, 5.74) is -35.8. The van der Waals surface area contributed by atoms with Crippen LogP contribution < -0.4 is 0 Å². The summed E-state index contributed by atoms with van der Waals surface area (Å²) >= 11 is 1.74. The molecule has 6 N–H and O–H groups in total. The van der Waals surface area contributed by atoms with Crippen LogP contribution in [-0.2, 0) is 0 Å². The number of nitrogens with one attached hydrogen (secondary N) is 6. The van der Waals surface area contributed by atoms with Crippen LogP contribution in [0.1, 0.15) is 27.7 Å². The van der Waals surface area contributed by atoms with Crippen molar-refractivity contribution in [1.29, 1.82) is 0 Å². The van der Waals surface area contributed by atoms with E-state index in [9.17, 15) is 0 Å². The molecule has 6 aromatic carbocycles. The molecule has 0 unspecified atom stereocenters. The zero-order valence-electron chi connectivity index (χ0n) is 56.4. The van der Waals surface area contributed by atoms with Crippen molar-refractivity contribution in [2.24, 2.45) is 0 Å². The first kappa shape index (κ1) is 81.5. The fourth-order valence-electron chi connectivity index (χ4n) is 12.9. The lowest BCUT2D eigenvalue weighted by atomic mass is 10.0. The average Bonchev–Trinajstić information content (AvgIpc) is 1.56. The minimum absolute atomic E-state index is 0.382. The van der Waals surface area contributed by atoms with Gasteiger partial charge in [0.15, 0.2) is 140 Å². The van der Waals surface area contributed by atoms with Crippen LogP contribution in [0.4, 0.5) is 132 Å². The summed E-state index contributed by atoms with van der Waals surface area (Å²) in [6.07, 6.45) is 0. The minimum Gasteiger partial charge on any atom is -0.354 e. The Kier molecular flexibility index (Phi) is 22.0. The van der Waals surface area contributed by atoms with E-state index in [0.717, 1.165) is 0 Å². The molecule has 12 bridgehead atoms. The molecule has 40 heteroatoms. The molecule has 7 heterocycles. The van der Waals surface area contributed by atoms with Crippen LogP contribution in [0.5, 0.6) is 0 Å². The Labute approximate surface area is 632 Å². The summed E-state index contributed by atoms with van der Waals surface area (Å²) in [5.74, 6) is -86.5. The first-order valence-corrected chi connectivity index (χ1v) is 36.1. The molecule has 0 spiro atoms. The quantitative estimate of drug-likeness (QED) is 0.0283. The smallest absolute Gasteiger partial charge is 0.200 e. The van der Waals surface area contributed by atoms with Crippen molar-refractivity contribution in [1.82, 2.24) is 29.9 Å². The molecule has 0 aliphatic heterocycles. The van der Waals surface area contributed by atoms with Crippen LogP contribution in [0.25, 0.3) is 133 Å². The van der Waals surface area contributed by atoms with Gasteiger partial charge in [-0.3, -0.25) is 0 Å². The Balaban J connectivity index is 1.45. The standard InChI is InChI=1S/C74H34F30N6S4/c1-5-111-71-67-27(33-41(79)53(91)63(101)54(92)42(33)80)21-13-9-17(105-21)25(31-37(75)49(87)61(99)50(88)38(31)76)19-11-15-23(107-19)29(35-45(83)57(95)65(103)58(96)46(35)84)69-73(113-7-3)74(114-8-4)70(110-69)30(36-47(85)59(97)66(104)60(98)48(36)86)24-16-12-20(108-24)26(32-39(77)51(89)62(100)52(90)40(32)78)18-10-14-22(106-18)28(68(109-67)72(71)112-6-2)34-43(81)55(93)64(102)56(94)44(34)82/h9-16,105-110H,5-8H2,1-4H3. The normalized spacial score (nSPS) is 11.9. The molecular formula is C74H34F30N6S4. The van der Waals surface area contributed by atoms with Crippen LogP contribution in [0.15, 0.2) is 68.1 Å². The molecule has 6 nitrogen and oxygen atoms in total. The maximum absolute atomic E-state index is 17.2. The molecule has 7 aromatic heterocycles. The van der Waals surface area contributed by atoms with Gasteiger partial charge in [0, 0.05) is 97.1 Å². The van der Waals surface area contributed by atoms with Crippen molar-refractivity contribution in [2.45, 2.75) is 47.3 Å². The van der Waals surface area contributed by atoms with Gasteiger partial charge >= 0.3 is 0 Å². The number of thioether (sulfide) groups is 4. The maximum atomic E-state index is 17.2. The zero-order valence-corrected chi connectivity index (χ0v) is 59.7. The first-order valence-electron chi connectivity index (χ1n) is 32.1. The van der Waals surface area contributed by atoms with E-state index in [0.29, 0.717) is 95.6 Å². The fourth-order valence-corrected chi connectivity index (χ4v) is 16.8. The molecule has 13 rings (SSSR count). The molecule has 0 aliphatic rings. The highest BCUT2D eigenvalue weighted by atomic mass is 32.2. The van der Waals surface area contributed by atoms with Crippen molar-refractivity contribution < 1.29 is 132 Å². The van der Waals surface area contributed by atoms with E-state index in [2.05, 4.69) is 29.9 Å². The van der Waals surface area contributed by atoms with Gasteiger partial charge in [-0.25, -0.2) is 132 Å². The summed E-state index contributed by atoms with van der Waals surface area (Å²) in [6, 6.07) is 3.92. The van der Waals surface area contributed by atoms with E-state index in [-0.39, 0.29) is 23.0 Å². The Morgan fingerprint density at radius 3 is 0.404 bits per heavy atom. The summed E-state index contributed by atoms with van der Waals surface area (Å²) in [5, 5.41) is 0. The van der Waals surface area contributed by atoms with Gasteiger partial charge in [0.05, 0.1) is 55.4 Å². The molecular weight excluding hydrogens is 1670 g/mol. The van der Waals surface area contributed by atoms with Gasteiger partial charge in [-0.1, -0.05) is 27.7 Å². The molecule has 114 heavy (non-hydrogen) atoms. The lowest BCUT2D eigenvalue weighted by molar-refractivity contribution is 0.381. The molecule has 0 radical (unpaired) electrons. The van der Waals surface area contributed by atoms with Gasteiger partial charge in [-0.2, -0.15) is 0 Å². The van der Waals surface area contributed by atoms with Gasteiger partial charge in [0.1, 0.15) is 0 Å². The number of aromatic nitrogens is 6. The Bertz CT molecular complexity index is 5710. The Morgan fingerprint density at radius 1 is 0.158 bits per heavy atom. The average molecular weight is 1710 g/mol. The molecule has 13 aromatic rings. The number of fused-ring (bicyclic) bond motifs is 12. The van der Waals surface area contributed by atoms with Gasteiger partial charge in [-0.15, -0.1) is 47.0 Å². The Morgan fingerprint density at radius 2 is 0.272 bits per heavy atom. The number of benzene rings is 6. The van der Waals surface area contributed by atoms with Crippen LogP contribution in [0.2, 0.25) is 0 Å². The van der Waals surface area contributed by atoms with Gasteiger partial charge in [0.25, 0.3) is 0 Å². The summed E-state index contributed by atoms with van der Waals surface area (Å²) < 4.78 is 489. The van der Waals surface area contributed by atoms with E-state index in [1.807, 2.05) is 0 Å². The van der Waals surface area contributed by atoms with Gasteiger partial charge < -0.3 is 29.9 Å². The van der Waals surface area contributed by atoms with Crippen molar-refractivity contribution >= 4 is 113 Å². The predicted molar refractivity (Wildman–Crippen MR) is 367 cm³/mol. The number of rotatable bonds is 14. The van der Waals surface area contributed by atoms with E-state index >= 15 is 132 Å². The maximum Gasteiger partial charge on any atom is 0.200 e. The predicted octanol–water partition coefficient (Wildman–Crippen LogP) is 26.6. The highest BCUT2D eigenvalue weighted by molar-refractivity contribution is 8.03. The second kappa shape index (κ2) is 30.7. The monoisotopic (exact) mass is 1700 g/mol. The van der Waals surface area contributed by atoms with Crippen molar-refractivity contribution in [2.75, 3.05) is 23.0 Å². The number of halogens is 30. The van der Waals surface area contributed by atoms with E-state index in [1.165, 1.54) is 27.7 Å². The third-order valence-corrected chi connectivity index (χ3v) is 21.8. The molecule has 0 atom stereocenters. The zero-order chi connectivity index (χ0) is 83.0. The van der Waals surface area contributed by atoms with Crippen molar-refractivity contribution in [3.8, 4) is 66.8 Å². The summed E-state index contributed by atoms with van der Waals surface area (Å²) in [7, 11) is 0. The first-order chi connectivity index (χ1) is 53.9. The number of H-pyrrole nitrogens is 6. The van der Waals surface area contributed by atoms with Crippen LogP contribution in [0, 0.1) is 175 Å². The van der Waals surface area contributed by atoms with Crippen LogP contribution in [-0.4, -0.2) is 52.9 Å². The molecule has 0 saturated carbocycles. The molecule has 0 amide bonds. The van der Waals surface area contributed by atoms with E-state index in [1.54, 1.807) is 0 Å². The highest BCUT2D eigenvalue weighted by Gasteiger charge is 2.39. The lowest BCUT2D eigenvalue weighted by Gasteiger charge is -2.12. The van der Waals surface area contributed by atoms with Crippen LogP contribution in [0.3, 0.4) is 0 Å². The summed E-state index contributed by atoms with van der Waals surface area (Å²) in [4.78, 5) is 11.4. The summed E-state index contributed by atoms with van der Waals surface area (Å²) in [6.45, 7) is 5.10.